The molecule has 290 valence electrons. The first-order chi connectivity index (χ1) is 30.7. The van der Waals surface area contributed by atoms with E-state index < -0.39 is 0 Å². The highest BCUT2D eigenvalue weighted by atomic mass is 15.1. The number of hydrogen-bond acceptors (Lipinski definition) is 1. The van der Waals surface area contributed by atoms with Crippen LogP contribution in [0.5, 0.6) is 0 Å². The molecule has 0 spiro atoms. The summed E-state index contributed by atoms with van der Waals surface area (Å²) in [4.78, 5) is 2.42. The van der Waals surface area contributed by atoms with E-state index in [1.54, 1.807) is 0 Å². The maximum atomic E-state index is 2.44. The fourth-order valence-corrected chi connectivity index (χ4v) is 9.53. The summed E-state index contributed by atoms with van der Waals surface area (Å²) in [6.45, 7) is 0. The lowest BCUT2D eigenvalue weighted by Crippen LogP contribution is -2.10. The molecule has 0 aliphatic carbocycles. The molecule has 0 atom stereocenters. The molecular weight excluding hydrogens is 749 g/mol. The highest BCUT2D eigenvalue weighted by Crippen LogP contribution is 2.43. The molecular formula is C60H40N2. The molecule has 0 unspecified atom stereocenters. The first-order valence-electron chi connectivity index (χ1n) is 21.3. The zero-order chi connectivity index (χ0) is 41.0. The number of rotatable bonds is 7. The summed E-state index contributed by atoms with van der Waals surface area (Å²) in [7, 11) is 0. The molecule has 12 aromatic rings. The van der Waals surface area contributed by atoms with Gasteiger partial charge in [0.1, 0.15) is 0 Å². The fourth-order valence-electron chi connectivity index (χ4n) is 9.53. The van der Waals surface area contributed by atoms with Crippen molar-refractivity contribution in [3.63, 3.8) is 0 Å². The second kappa shape index (κ2) is 14.8. The Morgan fingerprint density at radius 2 is 0.758 bits per heavy atom. The average molecular weight is 789 g/mol. The van der Waals surface area contributed by atoms with Crippen LogP contribution < -0.4 is 4.90 Å². The van der Waals surface area contributed by atoms with Crippen LogP contribution in [-0.2, 0) is 0 Å². The molecule has 62 heavy (non-hydrogen) atoms. The molecule has 0 aliphatic rings. The predicted molar refractivity (Wildman–Crippen MR) is 264 cm³/mol. The average Bonchev–Trinajstić information content (AvgIpc) is 3.69. The highest BCUT2D eigenvalue weighted by molar-refractivity contribution is 6.19. The van der Waals surface area contributed by atoms with E-state index in [0.29, 0.717) is 0 Å². The standard InChI is InChI=1S/C60H40N2/c1-4-14-41(15-5-1)48-36-49(42-16-6-2-7-17-42)39-53(38-48)61(52-32-35-55-47(37-52)25-24-44-18-10-12-22-54(44)55)51-30-26-43(27-31-51)46-29-33-57-58-34-28-45-19-11-13-23-56(45)60(58)62(59(57)40-46)50-20-8-3-9-21-50/h1-40H. The van der Waals surface area contributed by atoms with Gasteiger partial charge in [-0.2, -0.15) is 0 Å². The van der Waals surface area contributed by atoms with Gasteiger partial charge in [-0.05, 0) is 121 Å². The van der Waals surface area contributed by atoms with E-state index in [9.17, 15) is 0 Å². The van der Waals surface area contributed by atoms with Gasteiger partial charge in [-0.1, -0.05) is 182 Å². The maximum Gasteiger partial charge on any atom is 0.0619 e. The minimum Gasteiger partial charge on any atom is -0.310 e. The van der Waals surface area contributed by atoms with E-state index in [0.717, 1.165) is 22.7 Å². The monoisotopic (exact) mass is 788 g/mol. The molecule has 0 fully saturated rings. The molecule has 0 N–H and O–H groups in total. The van der Waals surface area contributed by atoms with Gasteiger partial charge in [-0.15, -0.1) is 0 Å². The smallest absolute Gasteiger partial charge is 0.0619 e. The van der Waals surface area contributed by atoms with Crippen molar-refractivity contribution in [1.29, 1.82) is 0 Å². The molecule has 0 bridgehead atoms. The van der Waals surface area contributed by atoms with Gasteiger partial charge in [0.2, 0.25) is 0 Å². The summed E-state index contributed by atoms with van der Waals surface area (Å²) in [5.74, 6) is 0. The third-order valence-electron chi connectivity index (χ3n) is 12.5. The van der Waals surface area contributed by atoms with E-state index in [1.807, 2.05) is 0 Å². The van der Waals surface area contributed by atoms with E-state index in [2.05, 4.69) is 252 Å². The van der Waals surface area contributed by atoms with Crippen LogP contribution in [0, 0.1) is 0 Å². The Hall–Kier alpha value is -8.20. The van der Waals surface area contributed by atoms with Crippen molar-refractivity contribution in [3.05, 3.63) is 243 Å². The first kappa shape index (κ1) is 35.7. The van der Waals surface area contributed by atoms with Crippen LogP contribution in [0.3, 0.4) is 0 Å². The lowest BCUT2D eigenvalue weighted by molar-refractivity contribution is 1.19. The Morgan fingerprint density at radius 3 is 1.47 bits per heavy atom. The van der Waals surface area contributed by atoms with E-state index >= 15 is 0 Å². The van der Waals surface area contributed by atoms with E-state index in [1.165, 1.54) is 87.5 Å². The number of para-hydroxylation sites is 1. The Morgan fingerprint density at radius 1 is 0.258 bits per heavy atom. The van der Waals surface area contributed by atoms with Crippen LogP contribution in [0.2, 0.25) is 0 Å². The van der Waals surface area contributed by atoms with Gasteiger partial charge in [0.25, 0.3) is 0 Å². The van der Waals surface area contributed by atoms with Crippen LogP contribution in [0.4, 0.5) is 17.1 Å². The molecule has 0 radical (unpaired) electrons. The van der Waals surface area contributed by atoms with Crippen molar-refractivity contribution in [2.24, 2.45) is 0 Å². The Kier molecular flexibility index (Phi) is 8.53. The number of anilines is 3. The summed E-state index contributed by atoms with van der Waals surface area (Å²) in [6, 6.07) is 88.6. The summed E-state index contributed by atoms with van der Waals surface area (Å²) in [5.41, 5.74) is 13.9. The Labute approximate surface area is 360 Å². The van der Waals surface area contributed by atoms with E-state index in [-0.39, 0.29) is 0 Å². The van der Waals surface area contributed by atoms with E-state index in [4.69, 9.17) is 0 Å². The van der Waals surface area contributed by atoms with Crippen LogP contribution in [0.25, 0.3) is 93.2 Å². The van der Waals surface area contributed by atoms with Crippen LogP contribution >= 0.6 is 0 Å². The van der Waals surface area contributed by atoms with Gasteiger partial charge < -0.3 is 9.47 Å². The fraction of sp³-hybridized carbons (Fsp3) is 0. The molecule has 2 nitrogen and oxygen atoms in total. The van der Waals surface area contributed by atoms with Crippen LogP contribution in [-0.4, -0.2) is 4.57 Å². The van der Waals surface area contributed by atoms with Crippen LogP contribution in [0.1, 0.15) is 0 Å². The minimum atomic E-state index is 1.09. The molecule has 0 saturated heterocycles. The molecule has 0 amide bonds. The largest absolute Gasteiger partial charge is 0.310 e. The number of aromatic nitrogens is 1. The molecule has 1 heterocycles. The number of nitrogens with zero attached hydrogens (tertiary/aromatic N) is 2. The highest BCUT2D eigenvalue weighted by Gasteiger charge is 2.19. The molecule has 0 saturated carbocycles. The minimum absolute atomic E-state index is 1.09. The normalized spacial score (nSPS) is 11.5. The Balaban J connectivity index is 1.03. The third kappa shape index (κ3) is 6.12. The number of fused-ring (bicyclic) bond motifs is 8. The van der Waals surface area contributed by atoms with Gasteiger partial charge in [0.15, 0.2) is 0 Å². The van der Waals surface area contributed by atoms with Gasteiger partial charge in [-0.3, -0.25) is 0 Å². The number of benzene rings is 11. The van der Waals surface area contributed by atoms with Gasteiger partial charge in [-0.25, -0.2) is 0 Å². The summed E-state index contributed by atoms with van der Waals surface area (Å²) in [5, 5.41) is 9.98. The van der Waals surface area contributed by atoms with Gasteiger partial charge in [0, 0.05) is 38.9 Å². The third-order valence-corrected chi connectivity index (χ3v) is 12.5. The molecule has 1 aromatic heterocycles. The summed E-state index contributed by atoms with van der Waals surface area (Å²) >= 11 is 0. The second-order valence-electron chi connectivity index (χ2n) is 16.2. The lowest BCUT2D eigenvalue weighted by atomic mass is 9.96. The number of hydrogen-bond donors (Lipinski definition) is 0. The summed E-state index contributed by atoms with van der Waals surface area (Å²) in [6.07, 6.45) is 0. The molecule has 12 rings (SSSR count). The van der Waals surface area contributed by atoms with Crippen molar-refractivity contribution in [2.45, 2.75) is 0 Å². The predicted octanol–water partition coefficient (Wildman–Crippen LogP) is 16.7. The summed E-state index contributed by atoms with van der Waals surface area (Å²) < 4.78 is 2.44. The van der Waals surface area contributed by atoms with Crippen molar-refractivity contribution >= 4 is 71.2 Å². The zero-order valence-corrected chi connectivity index (χ0v) is 34.0. The lowest BCUT2D eigenvalue weighted by Gasteiger charge is -2.27. The maximum absolute atomic E-state index is 2.44. The van der Waals surface area contributed by atoms with Gasteiger partial charge >= 0.3 is 0 Å². The topological polar surface area (TPSA) is 8.17 Å². The SMILES string of the molecule is c1ccc(-c2cc(-c3ccccc3)cc(N(c3ccc(-c4ccc5c6ccc7ccccc7c6n(-c6ccccc6)c5c4)cc3)c3ccc4c(ccc5ccccc54)c3)c2)cc1. The first-order valence-corrected chi connectivity index (χ1v) is 21.3. The second-order valence-corrected chi connectivity index (χ2v) is 16.2. The van der Waals surface area contributed by atoms with Crippen molar-refractivity contribution in [2.75, 3.05) is 4.90 Å². The van der Waals surface area contributed by atoms with Crippen LogP contribution in [0.15, 0.2) is 243 Å². The Bertz CT molecular complexity index is 3550. The molecule has 2 heteroatoms. The van der Waals surface area contributed by atoms with Gasteiger partial charge in [0.05, 0.1) is 11.0 Å². The van der Waals surface area contributed by atoms with Crippen molar-refractivity contribution in [3.8, 4) is 39.1 Å². The quantitative estimate of drug-likeness (QED) is 0.146. The van der Waals surface area contributed by atoms with Crippen molar-refractivity contribution in [1.82, 2.24) is 4.57 Å². The van der Waals surface area contributed by atoms with Crippen molar-refractivity contribution < 1.29 is 0 Å². The zero-order valence-electron chi connectivity index (χ0n) is 34.0. The molecule has 0 aliphatic heterocycles. The molecule has 11 aromatic carbocycles.